The van der Waals surface area contributed by atoms with Crippen LogP contribution < -0.4 is 10.1 Å². The van der Waals surface area contributed by atoms with Gasteiger partial charge in [0.15, 0.2) is 0 Å². The highest BCUT2D eigenvalue weighted by atomic mass is 32.1. The molecule has 1 saturated heterocycles. The number of piperidine rings is 1. The average Bonchev–Trinajstić information content (AvgIpc) is 3.40. The van der Waals surface area contributed by atoms with Crippen molar-refractivity contribution in [3.63, 3.8) is 0 Å². The number of H-pyrrole nitrogens is 1. The van der Waals surface area contributed by atoms with E-state index < -0.39 is 0 Å². The van der Waals surface area contributed by atoms with Crippen LogP contribution in [0.15, 0.2) is 29.6 Å². The Kier molecular flexibility index (Phi) is 5.84. The Hall–Kier alpha value is -2.38. The minimum absolute atomic E-state index is 0.0836. The summed E-state index contributed by atoms with van der Waals surface area (Å²) in [7, 11) is 1.63. The third kappa shape index (κ3) is 4.23. The summed E-state index contributed by atoms with van der Waals surface area (Å²) < 4.78 is 5.49. The van der Waals surface area contributed by atoms with Crippen LogP contribution in [0.1, 0.15) is 44.0 Å². The molecule has 1 aliphatic rings. The summed E-state index contributed by atoms with van der Waals surface area (Å²) in [6.07, 6.45) is 2.32. The van der Waals surface area contributed by atoms with Gasteiger partial charge in [0.05, 0.1) is 17.6 Å². The van der Waals surface area contributed by atoms with Crippen molar-refractivity contribution < 1.29 is 9.53 Å². The number of hydrogen-bond acceptors (Lipinski definition) is 5. The number of carbonyl (C=O) groups excluding carboxylic acids is 1. The number of rotatable bonds is 5. The van der Waals surface area contributed by atoms with E-state index in [4.69, 9.17) is 9.72 Å². The molecule has 0 aliphatic carbocycles. The second-order valence-electron chi connectivity index (χ2n) is 8.94. The predicted octanol–water partition coefficient (Wildman–Crippen LogP) is 4.54. The highest BCUT2D eigenvalue weighted by Crippen LogP contribution is 2.31. The zero-order chi connectivity index (χ0) is 21.3. The number of aromatic nitrogens is 2. The van der Waals surface area contributed by atoms with E-state index in [0.29, 0.717) is 29.3 Å². The van der Waals surface area contributed by atoms with Crippen molar-refractivity contribution >= 4 is 28.3 Å². The van der Waals surface area contributed by atoms with Gasteiger partial charge in [0.25, 0.3) is 5.91 Å². The second kappa shape index (κ2) is 8.40. The van der Waals surface area contributed by atoms with E-state index >= 15 is 0 Å². The lowest BCUT2D eigenvalue weighted by Crippen LogP contribution is -2.49. The van der Waals surface area contributed by atoms with Gasteiger partial charge in [0, 0.05) is 18.6 Å². The first-order valence-corrected chi connectivity index (χ1v) is 11.4. The van der Waals surface area contributed by atoms with Gasteiger partial charge in [0.1, 0.15) is 22.6 Å². The van der Waals surface area contributed by atoms with Gasteiger partial charge in [-0.1, -0.05) is 6.07 Å². The van der Waals surface area contributed by atoms with Crippen LogP contribution in [0.25, 0.3) is 21.7 Å². The number of nitrogens with zero attached hydrogens (tertiary/aromatic N) is 2. The summed E-state index contributed by atoms with van der Waals surface area (Å²) in [5, 5.41) is 5.17. The van der Waals surface area contributed by atoms with Crippen molar-refractivity contribution in [1.82, 2.24) is 20.2 Å². The van der Waals surface area contributed by atoms with Gasteiger partial charge in [0.2, 0.25) is 0 Å². The molecule has 1 fully saturated rings. The summed E-state index contributed by atoms with van der Waals surface area (Å²) in [6, 6.07) is 7.63. The third-order valence-corrected chi connectivity index (χ3v) is 6.72. The number of ether oxygens (including phenoxy) is 1. The van der Waals surface area contributed by atoms with E-state index in [2.05, 4.69) is 36.0 Å². The summed E-state index contributed by atoms with van der Waals surface area (Å²) in [4.78, 5) is 24.7. The van der Waals surface area contributed by atoms with Gasteiger partial charge in [-0.3, -0.25) is 9.69 Å². The fourth-order valence-electron chi connectivity index (χ4n) is 4.12. The quantitative estimate of drug-likeness (QED) is 0.628. The van der Waals surface area contributed by atoms with Crippen LogP contribution in [-0.4, -0.2) is 53.1 Å². The second-order valence-corrected chi connectivity index (χ2v) is 9.88. The molecule has 1 unspecified atom stereocenters. The molecule has 30 heavy (non-hydrogen) atoms. The molecule has 7 heteroatoms. The zero-order valence-corrected chi connectivity index (χ0v) is 18.9. The SMILES string of the molecule is COc1ccc(C(=O)NCC2CCCN(C(C)(C)C)C2)c2nc(-c3cccs3)[nH]c12. The first-order valence-electron chi connectivity index (χ1n) is 10.5. The lowest BCUT2D eigenvalue weighted by atomic mass is 9.93. The maximum atomic E-state index is 13.1. The predicted molar refractivity (Wildman–Crippen MR) is 122 cm³/mol. The van der Waals surface area contributed by atoms with E-state index in [0.717, 1.165) is 35.7 Å². The van der Waals surface area contributed by atoms with Crippen molar-refractivity contribution in [2.45, 2.75) is 39.2 Å². The monoisotopic (exact) mass is 426 g/mol. The van der Waals surface area contributed by atoms with Crippen LogP contribution in [0.5, 0.6) is 5.75 Å². The molecule has 160 valence electrons. The Bertz CT molecular complexity index is 1020. The molecule has 1 aromatic carbocycles. The van der Waals surface area contributed by atoms with Crippen LogP contribution in [0.4, 0.5) is 0 Å². The Morgan fingerprint density at radius 2 is 2.20 bits per heavy atom. The zero-order valence-electron chi connectivity index (χ0n) is 18.1. The molecule has 0 bridgehead atoms. The fraction of sp³-hybridized carbons (Fsp3) is 0.478. The molecule has 1 atom stereocenters. The molecule has 2 aromatic heterocycles. The van der Waals surface area contributed by atoms with Gasteiger partial charge in [-0.25, -0.2) is 4.98 Å². The summed E-state index contributed by atoms with van der Waals surface area (Å²) in [5.41, 5.74) is 2.15. The number of aromatic amines is 1. The number of thiophene rings is 1. The number of likely N-dealkylation sites (tertiary alicyclic amines) is 1. The van der Waals surface area contributed by atoms with Crippen LogP contribution in [0.3, 0.4) is 0 Å². The molecule has 0 radical (unpaired) electrons. The molecule has 6 nitrogen and oxygen atoms in total. The number of fused-ring (bicyclic) bond motifs is 1. The number of amides is 1. The van der Waals surface area contributed by atoms with Crippen LogP contribution >= 0.6 is 11.3 Å². The Morgan fingerprint density at radius 1 is 1.37 bits per heavy atom. The van der Waals surface area contributed by atoms with Crippen molar-refractivity contribution in [3.8, 4) is 16.5 Å². The maximum Gasteiger partial charge on any atom is 0.253 e. The highest BCUT2D eigenvalue weighted by Gasteiger charge is 2.28. The summed E-state index contributed by atoms with van der Waals surface area (Å²) >= 11 is 1.61. The summed E-state index contributed by atoms with van der Waals surface area (Å²) in [5.74, 6) is 1.83. The van der Waals surface area contributed by atoms with E-state index in [9.17, 15) is 4.79 Å². The number of carbonyl (C=O) groups is 1. The first kappa shape index (κ1) is 20.9. The topological polar surface area (TPSA) is 70.2 Å². The van der Waals surface area contributed by atoms with E-state index in [1.165, 1.54) is 6.42 Å². The lowest BCUT2D eigenvalue weighted by Gasteiger charge is -2.41. The normalized spacial score (nSPS) is 17.9. The number of nitrogens with one attached hydrogen (secondary N) is 2. The van der Waals surface area contributed by atoms with Gasteiger partial charge >= 0.3 is 0 Å². The van der Waals surface area contributed by atoms with Gasteiger partial charge in [-0.05, 0) is 69.7 Å². The standard InChI is InChI=1S/C23H30N4O2S/c1-23(2,3)27-11-5-7-15(14-27)13-24-22(28)16-9-10-17(29-4)20-19(16)25-21(26-20)18-8-6-12-30-18/h6,8-10,12,15H,5,7,11,13-14H2,1-4H3,(H,24,28)(H,25,26). The molecule has 3 aromatic rings. The van der Waals surface area contributed by atoms with Crippen molar-refractivity contribution in [3.05, 3.63) is 35.2 Å². The molecule has 1 amide bonds. The fourth-order valence-corrected chi connectivity index (χ4v) is 4.79. The summed E-state index contributed by atoms with van der Waals surface area (Å²) in [6.45, 7) is 9.60. The minimum atomic E-state index is -0.0836. The van der Waals surface area contributed by atoms with E-state index in [-0.39, 0.29) is 11.4 Å². The third-order valence-electron chi connectivity index (χ3n) is 5.84. The lowest BCUT2D eigenvalue weighted by molar-refractivity contribution is 0.0752. The van der Waals surface area contributed by atoms with Crippen molar-refractivity contribution in [2.24, 2.45) is 5.92 Å². The molecule has 2 N–H and O–H groups in total. The van der Waals surface area contributed by atoms with E-state index in [1.54, 1.807) is 24.5 Å². The minimum Gasteiger partial charge on any atom is -0.494 e. The molecular formula is C23H30N4O2S. The molecule has 0 saturated carbocycles. The molecule has 3 heterocycles. The van der Waals surface area contributed by atoms with Crippen molar-refractivity contribution in [2.75, 3.05) is 26.7 Å². The maximum absolute atomic E-state index is 13.1. The van der Waals surface area contributed by atoms with Gasteiger partial charge < -0.3 is 15.0 Å². The van der Waals surface area contributed by atoms with E-state index in [1.807, 2.05) is 23.6 Å². The van der Waals surface area contributed by atoms with Crippen LogP contribution in [-0.2, 0) is 0 Å². The van der Waals surface area contributed by atoms with Crippen LogP contribution in [0, 0.1) is 5.92 Å². The van der Waals surface area contributed by atoms with Gasteiger partial charge in [-0.2, -0.15) is 0 Å². The van der Waals surface area contributed by atoms with Crippen LogP contribution in [0.2, 0.25) is 0 Å². The Labute approximate surface area is 181 Å². The smallest absolute Gasteiger partial charge is 0.253 e. The Balaban J connectivity index is 1.53. The largest absolute Gasteiger partial charge is 0.494 e. The number of hydrogen-bond donors (Lipinski definition) is 2. The number of benzene rings is 1. The van der Waals surface area contributed by atoms with Gasteiger partial charge in [-0.15, -0.1) is 11.3 Å². The molecule has 4 rings (SSSR count). The number of imidazole rings is 1. The number of methoxy groups -OCH3 is 1. The molecule has 0 spiro atoms. The Morgan fingerprint density at radius 3 is 2.90 bits per heavy atom. The molecule has 1 aliphatic heterocycles. The van der Waals surface area contributed by atoms with Crippen molar-refractivity contribution in [1.29, 1.82) is 0 Å². The average molecular weight is 427 g/mol. The first-order chi connectivity index (χ1) is 14.4. The highest BCUT2D eigenvalue weighted by molar-refractivity contribution is 7.13. The molecular weight excluding hydrogens is 396 g/mol.